The number of aromatic nitrogens is 3. The fraction of sp³-hybridized carbons (Fsp3) is 0.250. The molecular formula is C12H13N5O2S. The third kappa shape index (κ3) is 3.02. The maximum absolute atomic E-state index is 10.8. The molecule has 0 unspecified atom stereocenters. The van der Waals surface area contributed by atoms with Crippen molar-refractivity contribution in [3.63, 3.8) is 0 Å². The molecule has 0 saturated carbocycles. The average Bonchev–Trinajstić information content (AvgIpc) is 2.35. The molecule has 8 heteroatoms. The van der Waals surface area contributed by atoms with Crippen molar-refractivity contribution in [3.05, 3.63) is 39.2 Å². The number of aryl methyl sites for hydroxylation is 2. The van der Waals surface area contributed by atoms with Crippen LogP contribution < -0.4 is 5.73 Å². The highest BCUT2D eigenvalue weighted by Gasteiger charge is 2.13. The van der Waals surface area contributed by atoms with Crippen LogP contribution in [0.3, 0.4) is 0 Å². The fourth-order valence-corrected chi connectivity index (χ4v) is 2.43. The van der Waals surface area contributed by atoms with E-state index in [4.69, 9.17) is 5.73 Å². The Morgan fingerprint density at radius 3 is 2.30 bits per heavy atom. The molecule has 0 radical (unpaired) electrons. The molecule has 7 nitrogen and oxygen atoms in total. The molecule has 2 N–H and O–H groups in total. The standard InChI is InChI=1S/C12H13N5O2S/c1-6-7(2)14-12(15-8(6)3)20-11-5-9(17(18)19)4-10(13)16-11/h4-5H,1-3H3,(H2,13,16). The van der Waals surface area contributed by atoms with Crippen molar-refractivity contribution in [3.8, 4) is 0 Å². The Balaban J connectivity index is 2.37. The summed E-state index contributed by atoms with van der Waals surface area (Å²) >= 11 is 1.15. The van der Waals surface area contributed by atoms with E-state index < -0.39 is 4.92 Å². The van der Waals surface area contributed by atoms with E-state index in [9.17, 15) is 10.1 Å². The van der Waals surface area contributed by atoms with Crippen LogP contribution in [0.5, 0.6) is 0 Å². The summed E-state index contributed by atoms with van der Waals surface area (Å²) in [4.78, 5) is 23.0. The zero-order valence-electron chi connectivity index (χ0n) is 11.2. The Hall–Kier alpha value is -2.22. The summed E-state index contributed by atoms with van der Waals surface area (Å²) in [6.45, 7) is 5.73. The number of nitrogens with two attached hydrogens (primary N) is 1. The maximum atomic E-state index is 10.8. The molecule has 0 atom stereocenters. The number of nitrogen functional groups attached to an aromatic ring is 1. The third-order valence-electron chi connectivity index (χ3n) is 2.83. The first-order valence-corrected chi connectivity index (χ1v) is 6.60. The van der Waals surface area contributed by atoms with Gasteiger partial charge in [0.2, 0.25) is 0 Å². The molecule has 0 aliphatic rings. The van der Waals surface area contributed by atoms with Gasteiger partial charge in [-0.1, -0.05) is 0 Å². The first kappa shape index (κ1) is 14.2. The van der Waals surface area contributed by atoms with Gasteiger partial charge in [0, 0.05) is 17.5 Å². The quantitative estimate of drug-likeness (QED) is 0.525. The fourth-order valence-electron chi connectivity index (χ4n) is 1.55. The maximum Gasteiger partial charge on any atom is 0.275 e. The molecule has 2 aromatic heterocycles. The Kier molecular flexibility index (Phi) is 3.84. The summed E-state index contributed by atoms with van der Waals surface area (Å²) in [5.74, 6) is 0.0993. The van der Waals surface area contributed by atoms with Crippen LogP contribution in [0.1, 0.15) is 17.0 Å². The van der Waals surface area contributed by atoms with E-state index in [0.29, 0.717) is 10.2 Å². The van der Waals surface area contributed by atoms with Crippen LogP contribution in [0.2, 0.25) is 0 Å². The Labute approximate surface area is 119 Å². The Bertz CT molecular complexity index is 667. The van der Waals surface area contributed by atoms with Gasteiger partial charge in [0.1, 0.15) is 10.8 Å². The van der Waals surface area contributed by atoms with Crippen LogP contribution in [0.4, 0.5) is 11.5 Å². The van der Waals surface area contributed by atoms with Gasteiger partial charge >= 0.3 is 0 Å². The van der Waals surface area contributed by atoms with Crippen molar-refractivity contribution in [1.82, 2.24) is 15.0 Å². The molecule has 0 bridgehead atoms. The van der Waals surface area contributed by atoms with Crippen molar-refractivity contribution in [2.45, 2.75) is 31.0 Å². The number of rotatable bonds is 3. The van der Waals surface area contributed by atoms with Gasteiger partial charge < -0.3 is 5.73 Å². The van der Waals surface area contributed by atoms with E-state index in [1.807, 2.05) is 20.8 Å². The van der Waals surface area contributed by atoms with Crippen LogP contribution in [-0.4, -0.2) is 19.9 Å². The number of pyridine rings is 1. The average molecular weight is 291 g/mol. The summed E-state index contributed by atoms with van der Waals surface area (Å²) in [6.07, 6.45) is 0. The van der Waals surface area contributed by atoms with Crippen molar-refractivity contribution in [2.75, 3.05) is 5.73 Å². The minimum atomic E-state index is -0.505. The van der Waals surface area contributed by atoms with E-state index in [1.54, 1.807) is 0 Å². The van der Waals surface area contributed by atoms with Gasteiger partial charge in [0.15, 0.2) is 5.16 Å². The van der Waals surface area contributed by atoms with E-state index in [-0.39, 0.29) is 11.5 Å². The number of nitrogens with zero attached hydrogens (tertiary/aromatic N) is 4. The second kappa shape index (κ2) is 5.41. The lowest BCUT2D eigenvalue weighted by atomic mass is 10.2. The van der Waals surface area contributed by atoms with E-state index in [2.05, 4.69) is 15.0 Å². The summed E-state index contributed by atoms with van der Waals surface area (Å²) in [6, 6.07) is 2.57. The van der Waals surface area contributed by atoms with E-state index >= 15 is 0 Å². The monoisotopic (exact) mass is 291 g/mol. The molecule has 2 heterocycles. The molecule has 0 aromatic carbocycles. The van der Waals surface area contributed by atoms with Crippen molar-refractivity contribution < 1.29 is 4.92 Å². The highest BCUT2D eigenvalue weighted by molar-refractivity contribution is 7.99. The second-order valence-electron chi connectivity index (χ2n) is 4.25. The summed E-state index contributed by atoms with van der Waals surface area (Å²) < 4.78 is 0. The molecule has 2 aromatic rings. The molecule has 0 spiro atoms. The minimum absolute atomic E-state index is 0.0967. The van der Waals surface area contributed by atoms with E-state index in [0.717, 1.165) is 28.7 Å². The summed E-state index contributed by atoms with van der Waals surface area (Å²) in [5, 5.41) is 11.7. The first-order chi connectivity index (χ1) is 9.36. The van der Waals surface area contributed by atoms with Crippen molar-refractivity contribution in [1.29, 1.82) is 0 Å². The SMILES string of the molecule is Cc1nc(Sc2cc([N+](=O)[O-])cc(N)n2)nc(C)c1C. The molecule has 0 amide bonds. The molecule has 104 valence electrons. The molecule has 20 heavy (non-hydrogen) atoms. The van der Waals surface area contributed by atoms with Crippen LogP contribution in [-0.2, 0) is 0 Å². The van der Waals surface area contributed by atoms with Crippen molar-refractivity contribution >= 4 is 23.3 Å². The van der Waals surface area contributed by atoms with Crippen LogP contribution in [0.25, 0.3) is 0 Å². The van der Waals surface area contributed by atoms with Gasteiger partial charge in [-0.05, 0) is 38.1 Å². The van der Waals surface area contributed by atoms with Gasteiger partial charge in [-0.2, -0.15) is 0 Å². The van der Waals surface area contributed by atoms with E-state index in [1.165, 1.54) is 12.1 Å². The summed E-state index contributed by atoms with van der Waals surface area (Å²) in [5.41, 5.74) is 8.24. The van der Waals surface area contributed by atoms with Gasteiger partial charge in [-0.3, -0.25) is 10.1 Å². The predicted octanol–water partition coefficient (Wildman–Crippen LogP) is 2.44. The smallest absolute Gasteiger partial charge is 0.275 e. The van der Waals surface area contributed by atoms with Gasteiger partial charge in [-0.15, -0.1) is 0 Å². The number of nitro groups is 1. The lowest BCUT2D eigenvalue weighted by Gasteiger charge is -2.06. The minimum Gasteiger partial charge on any atom is -0.383 e. The molecule has 2 rings (SSSR count). The normalized spacial score (nSPS) is 10.6. The Morgan fingerprint density at radius 2 is 1.75 bits per heavy atom. The first-order valence-electron chi connectivity index (χ1n) is 5.78. The molecule has 0 saturated heterocycles. The van der Waals surface area contributed by atoms with Crippen LogP contribution in [0, 0.1) is 30.9 Å². The molecule has 0 aliphatic carbocycles. The van der Waals surface area contributed by atoms with Gasteiger partial charge in [0.25, 0.3) is 5.69 Å². The molecule has 0 fully saturated rings. The second-order valence-corrected chi connectivity index (χ2v) is 5.24. The molecular weight excluding hydrogens is 278 g/mol. The highest BCUT2D eigenvalue weighted by Crippen LogP contribution is 2.28. The van der Waals surface area contributed by atoms with Crippen LogP contribution >= 0.6 is 11.8 Å². The topological polar surface area (TPSA) is 108 Å². The largest absolute Gasteiger partial charge is 0.383 e. The Morgan fingerprint density at radius 1 is 1.15 bits per heavy atom. The zero-order chi connectivity index (χ0) is 14.9. The van der Waals surface area contributed by atoms with Gasteiger partial charge in [0.05, 0.1) is 11.0 Å². The predicted molar refractivity (Wildman–Crippen MR) is 75.7 cm³/mol. The summed E-state index contributed by atoms with van der Waals surface area (Å²) in [7, 11) is 0. The molecule has 0 aliphatic heterocycles. The number of hydrogen-bond donors (Lipinski definition) is 1. The zero-order valence-corrected chi connectivity index (χ0v) is 12.1. The lowest BCUT2D eigenvalue weighted by molar-refractivity contribution is -0.385. The van der Waals surface area contributed by atoms with Crippen molar-refractivity contribution in [2.24, 2.45) is 0 Å². The third-order valence-corrected chi connectivity index (χ3v) is 3.61. The highest BCUT2D eigenvalue weighted by atomic mass is 32.2. The van der Waals surface area contributed by atoms with Gasteiger partial charge in [-0.25, -0.2) is 15.0 Å². The van der Waals surface area contributed by atoms with Crippen LogP contribution in [0.15, 0.2) is 22.3 Å². The number of anilines is 1. The lowest BCUT2D eigenvalue weighted by Crippen LogP contribution is -1.99. The number of hydrogen-bond acceptors (Lipinski definition) is 7.